The number of amides is 1. The normalized spacial score (nSPS) is 20.8. The number of aromatic nitrogens is 3. The number of furan rings is 1. The molecule has 9 nitrogen and oxygen atoms in total. The van der Waals surface area contributed by atoms with Crippen LogP contribution in [0.3, 0.4) is 0 Å². The summed E-state index contributed by atoms with van der Waals surface area (Å²) in [6.07, 6.45) is -0.285. The van der Waals surface area contributed by atoms with Gasteiger partial charge < -0.3 is 13.9 Å². The fraction of sp³-hybridized carbons (Fsp3) is 0.419. The minimum Gasteiger partial charge on any atom is -0.462 e. The molecule has 1 aliphatic heterocycles. The van der Waals surface area contributed by atoms with Gasteiger partial charge in [-0.25, -0.2) is 14.3 Å². The molecule has 1 aromatic carbocycles. The molecule has 1 amide bonds. The van der Waals surface area contributed by atoms with Crippen LogP contribution in [0, 0.1) is 11.8 Å². The van der Waals surface area contributed by atoms with E-state index in [0.717, 1.165) is 11.3 Å². The number of fused-ring (bicyclic) bond motifs is 1. The molecule has 1 atom stereocenters. The third-order valence-electron chi connectivity index (χ3n) is 8.18. The molecule has 4 aromatic rings. The topological polar surface area (TPSA) is 99.2 Å². The number of halogens is 3. The van der Waals surface area contributed by atoms with Crippen LogP contribution >= 0.6 is 0 Å². The maximum atomic E-state index is 14.0. The van der Waals surface area contributed by atoms with E-state index in [-0.39, 0.29) is 56.3 Å². The van der Waals surface area contributed by atoms with E-state index >= 15 is 0 Å². The molecule has 1 saturated heterocycles. The van der Waals surface area contributed by atoms with Crippen molar-refractivity contribution >= 4 is 23.4 Å². The van der Waals surface area contributed by atoms with Gasteiger partial charge in [-0.05, 0) is 45.1 Å². The molecule has 2 fully saturated rings. The van der Waals surface area contributed by atoms with Crippen LogP contribution in [0.5, 0.6) is 0 Å². The molecule has 2 aliphatic rings. The van der Waals surface area contributed by atoms with Gasteiger partial charge in [0.05, 0.1) is 30.9 Å². The minimum absolute atomic E-state index is 0.0300. The lowest BCUT2D eigenvalue weighted by molar-refractivity contribution is -0.184. The number of alkyl halides is 3. The van der Waals surface area contributed by atoms with E-state index in [4.69, 9.17) is 13.9 Å². The van der Waals surface area contributed by atoms with Gasteiger partial charge in [-0.2, -0.15) is 18.3 Å². The van der Waals surface area contributed by atoms with Crippen molar-refractivity contribution in [3.63, 3.8) is 0 Å². The Labute approximate surface area is 245 Å². The van der Waals surface area contributed by atoms with Gasteiger partial charge in [0.1, 0.15) is 11.3 Å². The van der Waals surface area contributed by atoms with Crippen LogP contribution in [0.25, 0.3) is 28.2 Å². The highest BCUT2D eigenvalue weighted by Crippen LogP contribution is 2.42. The van der Waals surface area contributed by atoms with Crippen molar-refractivity contribution in [1.29, 1.82) is 0 Å². The number of carbonyl (C=O) groups excluding carboxylic acids is 2. The summed E-state index contributed by atoms with van der Waals surface area (Å²) in [7, 11) is 0. The smallest absolute Gasteiger partial charge is 0.391 e. The van der Waals surface area contributed by atoms with Crippen molar-refractivity contribution in [2.45, 2.75) is 51.2 Å². The van der Waals surface area contributed by atoms with E-state index < -0.39 is 30.0 Å². The molecule has 1 unspecified atom stereocenters. The van der Waals surface area contributed by atoms with Crippen molar-refractivity contribution in [1.82, 2.24) is 14.6 Å². The lowest BCUT2D eigenvalue weighted by Crippen LogP contribution is -2.46. The maximum Gasteiger partial charge on any atom is 0.391 e. The van der Waals surface area contributed by atoms with Crippen LogP contribution in [0.1, 0.15) is 49.4 Å². The first-order valence-electron chi connectivity index (χ1n) is 14.4. The quantitative estimate of drug-likeness (QED) is 0.230. The highest BCUT2D eigenvalue weighted by molar-refractivity contribution is 6.03. The number of benzene rings is 1. The molecule has 0 spiro atoms. The molecule has 4 heterocycles. The third kappa shape index (κ3) is 5.88. The fourth-order valence-electron chi connectivity index (χ4n) is 5.87. The second-order valence-corrected chi connectivity index (χ2v) is 10.9. The Balaban J connectivity index is 1.32. The van der Waals surface area contributed by atoms with E-state index in [1.807, 2.05) is 36.5 Å². The van der Waals surface area contributed by atoms with Gasteiger partial charge in [0.2, 0.25) is 11.8 Å². The van der Waals surface area contributed by atoms with Crippen LogP contribution < -0.4 is 4.90 Å². The van der Waals surface area contributed by atoms with Crippen LogP contribution in [-0.2, 0) is 14.3 Å². The summed E-state index contributed by atoms with van der Waals surface area (Å²) in [6.45, 7) is 2.43. The Kier molecular flexibility index (Phi) is 7.95. The molecule has 6 rings (SSSR count). The molecule has 0 N–H and O–H groups in total. The molecule has 1 aliphatic carbocycles. The van der Waals surface area contributed by atoms with Crippen molar-refractivity contribution in [2.24, 2.45) is 11.8 Å². The average Bonchev–Trinajstić information content (AvgIpc) is 3.78. The Hall–Kier alpha value is -4.19. The molecule has 0 bridgehead atoms. The number of carbonyl (C=O) groups is 2. The van der Waals surface area contributed by atoms with Gasteiger partial charge in [0.25, 0.3) is 0 Å². The number of esters is 1. The van der Waals surface area contributed by atoms with Gasteiger partial charge in [-0.15, -0.1) is 0 Å². The third-order valence-corrected chi connectivity index (χ3v) is 8.18. The van der Waals surface area contributed by atoms with Crippen molar-refractivity contribution in [3.8, 4) is 22.6 Å². The molecule has 3 aromatic heterocycles. The highest BCUT2D eigenvalue weighted by atomic mass is 19.4. The summed E-state index contributed by atoms with van der Waals surface area (Å²) >= 11 is 0. The molecular weight excluding hydrogens is 565 g/mol. The lowest BCUT2D eigenvalue weighted by Gasteiger charge is -2.34. The second-order valence-electron chi connectivity index (χ2n) is 10.9. The number of anilines is 1. The van der Waals surface area contributed by atoms with Gasteiger partial charge >= 0.3 is 12.1 Å². The predicted molar refractivity (Wildman–Crippen MR) is 150 cm³/mol. The molecule has 1 saturated carbocycles. The Morgan fingerprint density at radius 3 is 2.47 bits per heavy atom. The zero-order valence-electron chi connectivity index (χ0n) is 23.5. The molecule has 226 valence electrons. The zero-order valence-corrected chi connectivity index (χ0v) is 23.5. The molecule has 0 radical (unpaired) electrons. The van der Waals surface area contributed by atoms with Gasteiger partial charge in [-0.1, -0.05) is 24.3 Å². The molecular formula is C31H31F3N4O5. The minimum atomic E-state index is -4.28. The lowest BCUT2D eigenvalue weighted by atomic mass is 9.81. The summed E-state index contributed by atoms with van der Waals surface area (Å²) < 4.78 is 58.7. The second kappa shape index (κ2) is 11.8. The number of hydrogen-bond donors (Lipinski definition) is 0. The van der Waals surface area contributed by atoms with Gasteiger partial charge in [-0.3, -0.25) is 9.69 Å². The Morgan fingerprint density at radius 2 is 1.81 bits per heavy atom. The average molecular weight is 597 g/mol. The summed E-state index contributed by atoms with van der Waals surface area (Å²) in [6, 6.07) is 12.2. The first-order valence-corrected chi connectivity index (χ1v) is 14.4. The summed E-state index contributed by atoms with van der Waals surface area (Å²) in [5.41, 5.74) is 3.03. The maximum absolute atomic E-state index is 14.0. The molecule has 12 heteroatoms. The van der Waals surface area contributed by atoms with Crippen LogP contribution in [0.2, 0.25) is 0 Å². The standard InChI is InChI=1S/C31H31F3N4O5/c1-2-42-30(40)24-16-26(20-6-4-19(5-7-20)25-17-27-35-13-3-14-37(27)36-25)43-29(24)38(23-12-15-41-18-23)28(39)21-8-10-22(11-9-21)31(32,33)34/h3-7,13-14,16-17,21-23H,2,8-12,15,18H2,1H3. The number of ether oxygens (including phenoxy) is 2. The number of hydrogen-bond acceptors (Lipinski definition) is 7. The van der Waals surface area contributed by atoms with E-state index in [2.05, 4.69) is 10.1 Å². The van der Waals surface area contributed by atoms with Crippen LogP contribution in [0.15, 0.2) is 59.3 Å². The monoisotopic (exact) mass is 596 g/mol. The SMILES string of the molecule is CCOC(=O)c1cc(-c2ccc(-c3cc4ncccn4n3)cc2)oc1N(C(=O)C1CCC(C(F)(F)F)CC1)C1CCOC1. The summed E-state index contributed by atoms with van der Waals surface area (Å²) in [5.74, 6) is -2.68. The fourth-order valence-corrected chi connectivity index (χ4v) is 5.87. The van der Waals surface area contributed by atoms with Crippen molar-refractivity contribution in [2.75, 3.05) is 24.7 Å². The van der Waals surface area contributed by atoms with Crippen LogP contribution in [-0.4, -0.2) is 58.5 Å². The predicted octanol–water partition coefficient (Wildman–Crippen LogP) is 6.32. The highest BCUT2D eigenvalue weighted by Gasteiger charge is 2.45. The van der Waals surface area contributed by atoms with Crippen molar-refractivity contribution < 1.29 is 36.7 Å². The molecule has 43 heavy (non-hydrogen) atoms. The van der Waals surface area contributed by atoms with Gasteiger partial charge in [0.15, 0.2) is 5.65 Å². The summed E-state index contributed by atoms with van der Waals surface area (Å²) in [5, 5.41) is 4.55. The van der Waals surface area contributed by atoms with E-state index in [9.17, 15) is 22.8 Å². The van der Waals surface area contributed by atoms with Gasteiger partial charge in [0, 0.05) is 48.2 Å². The van der Waals surface area contributed by atoms with Crippen LogP contribution in [0.4, 0.5) is 19.1 Å². The Morgan fingerprint density at radius 1 is 1.07 bits per heavy atom. The Bertz CT molecular complexity index is 1570. The number of rotatable bonds is 7. The largest absolute Gasteiger partial charge is 0.462 e. The van der Waals surface area contributed by atoms with E-state index in [1.54, 1.807) is 29.8 Å². The van der Waals surface area contributed by atoms with E-state index in [0.29, 0.717) is 30.0 Å². The first kappa shape index (κ1) is 28.9. The number of nitrogens with zero attached hydrogens (tertiary/aromatic N) is 4. The zero-order chi connectivity index (χ0) is 30.1. The van der Waals surface area contributed by atoms with Crippen molar-refractivity contribution in [3.05, 3.63) is 60.4 Å². The van der Waals surface area contributed by atoms with E-state index in [1.165, 1.54) is 4.90 Å². The first-order chi connectivity index (χ1) is 20.7. The summed E-state index contributed by atoms with van der Waals surface area (Å²) in [4.78, 5) is 32.8.